The Kier molecular flexibility index (Phi) is 5.91. The molecule has 0 amide bonds. The first kappa shape index (κ1) is 20.7. The molecule has 32 heavy (non-hydrogen) atoms. The van der Waals surface area contributed by atoms with Gasteiger partial charge in [0.25, 0.3) is 0 Å². The van der Waals surface area contributed by atoms with Crippen LogP contribution in [0.2, 0.25) is 0 Å². The third-order valence-electron chi connectivity index (χ3n) is 6.18. The van der Waals surface area contributed by atoms with Gasteiger partial charge >= 0.3 is 0 Å². The number of hydrogen-bond acceptors (Lipinski definition) is 8. The normalized spacial score (nSPS) is 19.8. The molecule has 4 heterocycles. The summed E-state index contributed by atoms with van der Waals surface area (Å²) in [6.07, 6.45) is 4.51. The summed E-state index contributed by atoms with van der Waals surface area (Å²) in [6, 6.07) is 8.52. The molecule has 168 valence electrons. The van der Waals surface area contributed by atoms with Gasteiger partial charge in [-0.3, -0.25) is 4.79 Å². The monoisotopic (exact) mass is 435 g/mol. The van der Waals surface area contributed by atoms with Gasteiger partial charge in [-0.2, -0.15) is 9.97 Å². The Labute approximate surface area is 187 Å². The molecule has 0 saturated carbocycles. The van der Waals surface area contributed by atoms with Gasteiger partial charge in [-0.1, -0.05) is 0 Å². The second-order valence-electron chi connectivity index (χ2n) is 8.50. The van der Waals surface area contributed by atoms with Crippen molar-refractivity contribution in [1.82, 2.24) is 19.9 Å². The van der Waals surface area contributed by atoms with Crippen LogP contribution in [-0.4, -0.2) is 78.6 Å². The second kappa shape index (κ2) is 9.13. The number of hydrogen-bond donors (Lipinski definition) is 3. The van der Waals surface area contributed by atoms with Crippen LogP contribution in [0.4, 0.5) is 23.1 Å². The number of benzene rings is 1. The molecule has 0 radical (unpaired) electrons. The van der Waals surface area contributed by atoms with Gasteiger partial charge in [0.05, 0.1) is 18.0 Å². The number of aromatic amines is 1. The molecular weight excluding hydrogens is 406 g/mol. The van der Waals surface area contributed by atoms with Crippen LogP contribution in [0, 0.1) is 0 Å². The fourth-order valence-electron chi connectivity index (χ4n) is 4.31. The molecule has 5 rings (SSSR count). The van der Waals surface area contributed by atoms with Gasteiger partial charge in [-0.15, -0.1) is 0 Å². The van der Waals surface area contributed by atoms with Crippen LogP contribution in [0.3, 0.4) is 0 Å². The number of nitrogens with zero attached hydrogens (tertiary/aromatic N) is 4. The number of aromatic nitrogens is 3. The summed E-state index contributed by atoms with van der Waals surface area (Å²) >= 11 is 0. The van der Waals surface area contributed by atoms with Crippen molar-refractivity contribution < 1.29 is 9.53 Å². The van der Waals surface area contributed by atoms with E-state index in [2.05, 4.69) is 61.7 Å². The Hall–Kier alpha value is -3.17. The summed E-state index contributed by atoms with van der Waals surface area (Å²) in [5.41, 5.74) is 3.30. The highest BCUT2D eigenvalue weighted by atomic mass is 16.5. The Morgan fingerprint density at radius 3 is 2.69 bits per heavy atom. The maximum Gasteiger partial charge on any atom is 0.231 e. The Morgan fingerprint density at radius 1 is 1.16 bits per heavy atom. The molecule has 2 aliphatic rings. The molecule has 0 bridgehead atoms. The lowest BCUT2D eigenvalue weighted by molar-refractivity contribution is 0.0875. The number of H-pyrrole nitrogens is 1. The van der Waals surface area contributed by atoms with Gasteiger partial charge in [-0.05, 0) is 44.2 Å². The van der Waals surface area contributed by atoms with Crippen molar-refractivity contribution >= 4 is 40.5 Å². The number of carbonyl (C=O) groups excluding carboxylic acids is 1. The van der Waals surface area contributed by atoms with E-state index in [1.165, 1.54) is 5.69 Å². The molecule has 3 aromatic rings. The smallest absolute Gasteiger partial charge is 0.231 e. The number of anilines is 4. The van der Waals surface area contributed by atoms with Crippen LogP contribution in [-0.2, 0) is 4.74 Å². The van der Waals surface area contributed by atoms with Crippen molar-refractivity contribution in [1.29, 1.82) is 0 Å². The number of piperazine rings is 1. The summed E-state index contributed by atoms with van der Waals surface area (Å²) in [6.45, 7) is 5.65. The highest BCUT2D eigenvalue weighted by Crippen LogP contribution is 2.28. The lowest BCUT2D eigenvalue weighted by Crippen LogP contribution is -2.44. The molecule has 2 fully saturated rings. The Morgan fingerprint density at radius 2 is 1.97 bits per heavy atom. The van der Waals surface area contributed by atoms with Gasteiger partial charge in [0.15, 0.2) is 6.29 Å². The number of likely N-dealkylation sites (N-methyl/N-ethyl adjacent to an activating group) is 1. The van der Waals surface area contributed by atoms with Crippen LogP contribution >= 0.6 is 0 Å². The van der Waals surface area contributed by atoms with Gasteiger partial charge < -0.3 is 30.2 Å². The van der Waals surface area contributed by atoms with E-state index in [0.717, 1.165) is 57.6 Å². The van der Waals surface area contributed by atoms with Crippen molar-refractivity contribution in [3.05, 3.63) is 36.0 Å². The van der Waals surface area contributed by atoms with Gasteiger partial charge in [-0.25, -0.2) is 0 Å². The van der Waals surface area contributed by atoms with Crippen molar-refractivity contribution in [3.8, 4) is 0 Å². The van der Waals surface area contributed by atoms with E-state index in [9.17, 15) is 4.79 Å². The maximum atomic E-state index is 11.5. The lowest BCUT2D eigenvalue weighted by Gasteiger charge is -2.34. The standard InChI is InChI=1S/C23H29N7O2/c1-29-8-10-30(11-9-29)19-6-4-17(5-7-19)26-23-27-21-20(16(14-31)13-24-21)22(28-23)25-18-3-2-12-32-15-18/h4-7,13-14,18H,2-3,8-12,15H2,1H3,(H3,24,25,26,27,28). The minimum atomic E-state index is 0.159. The van der Waals surface area contributed by atoms with Gasteiger partial charge in [0.2, 0.25) is 5.95 Å². The molecule has 1 atom stereocenters. The van der Waals surface area contributed by atoms with Crippen molar-refractivity contribution in [3.63, 3.8) is 0 Å². The van der Waals surface area contributed by atoms with E-state index in [4.69, 9.17) is 9.72 Å². The topological polar surface area (TPSA) is 98.4 Å². The zero-order chi connectivity index (χ0) is 21.9. The quantitative estimate of drug-likeness (QED) is 0.509. The summed E-state index contributed by atoms with van der Waals surface area (Å²) in [7, 11) is 2.16. The number of fused-ring (bicyclic) bond motifs is 1. The van der Waals surface area contributed by atoms with Crippen LogP contribution in [0.15, 0.2) is 30.5 Å². The summed E-state index contributed by atoms with van der Waals surface area (Å²) in [4.78, 5) is 28.7. The number of carbonyl (C=O) groups is 1. The lowest BCUT2D eigenvalue weighted by atomic mass is 10.1. The molecular formula is C23H29N7O2. The van der Waals surface area contributed by atoms with Gasteiger partial charge in [0, 0.05) is 55.9 Å². The second-order valence-corrected chi connectivity index (χ2v) is 8.50. The highest BCUT2D eigenvalue weighted by molar-refractivity contribution is 6.02. The number of ether oxygens (including phenoxy) is 1. The molecule has 2 saturated heterocycles. The minimum Gasteiger partial charge on any atom is -0.379 e. The van der Waals surface area contributed by atoms with Crippen LogP contribution in [0.5, 0.6) is 0 Å². The molecule has 1 aromatic carbocycles. The summed E-state index contributed by atoms with van der Waals surface area (Å²) < 4.78 is 5.59. The van der Waals surface area contributed by atoms with E-state index in [-0.39, 0.29) is 6.04 Å². The van der Waals surface area contributed by atoms with Crippen molar-refractivity contribution in [2.75, 3.05) is 62.0 Å². The van der Waals surface area contributed by atoms with Crippen LogP contribution < -0.4 is 15.5 Å². The average Bonchev–Trinajstić information content (AvgIpc) is 3.24. The molecule has 0 aliphatic carbocycles. The first-order valence-corrected chi connectivity index (χ1v) is 11.2. The predicted octanol–water partition coefficient (Wildman–Crippen LogP) is 2.86. The number of nitrogens with one attached hydrogen (secondary N) is 3. The Balaban J connectivity index is 1.37. The van der Waals surface area contributed by atoms with Gasteiger partial charge in [0.1, 0.15) is 11.5 Å². The van der Waals surface area contributed by atoms with E-state index >= 15 is 0 Å². The van der Waals surface area contributed by atoms with E-state index in [1.54, 1.807) is 6.20 Å². The average molecular weight is 436 g/mol. The Bertz CT molecular complexity index is 1070. The predicted molar refractivity (Wildman–Crippen MR) is 126 cm³/mol. The highest BCUT2D eigenvalue weighted by Gasteiger charge is 2.19. The van der Waals surface area contributed by atoms with Crippen LogP contribution in [0.25, 0.3) is 11.0 Å². The fraction of sp³-hybridized carbons (Fsp3) is 0.435. The number of aldehydes is 1. The minimum absolute atomic E-state index is 0.159. The van der Waals surface area contributed by atoms with Crippen molar-refractivity contribution in [2.24, 2.45) is 0 Å². The van der Waals surface area contributed by atoms with E-state index in [0.29, 0.717) is 35.0 Å². The molecule has 9 heteroatoms. The molecule has 0 spiro atoms. The van der Waals surface area contributed by atoms with E-state index < -0.39 is 0 Å². The maximum absolute atomic E-state index is 11.5. The zero-order valence-corrected chi connectivity index (χ0v) is 18.3. The molecule has 3 N–H and O–H groups in total. The SMILES string of the molecule is CN1CCN(c2ccc(Nc3nc(NC4CCCOC4)c4c(C=O)c[nH]c4n3)cc2)CC1. The molecule has 2 aliphatic heterocycles. The largest absolute Gasteiger partial charge is 0.379 e. The molecule has 9 nitrogen and oxygen atoms in total. The van der Waals surface area contributed by atoms with E-state index in [1.807, 2.05) is 0 Å². The molecule has 1 unspecified atom stereocenters. The first-order valence-electron chi connectivity index (χ1n) is 11.2. The summed E-state index contributed by atoms with van der Waals surface area (Å²) in [5.74, 6) is 1.12. The van der Waals surface area contributed by atoms with Crippen molar-refractivity contribution in [2.45, 2.75) is 18.9 Å². The zero-order valence-electron chi connectivity index (χ0n) is 18.3. The first-order chi connectivity index (χ1) is 15.7. The third-order valence-corrected chi connectivity index (χ3v) is 6.18. The third kappa shape index (κ3) is 4.39. The fourth-order valence-corrected chi connectivity index (χ4v) is 4.31. The number of rotatable bonds is 6. The van der Waals surface area contributed by atoms with Crippen LogP contribution in [0.1, 0.15) is 23.2 Å². The molecule has 2 aromatic heterocycles. The summed E-state index contributed by atoms with van der Waals surface area (Å²) in [5, 5.41) is 7.48.